The lowest BCUT2D eigenvalue weighted by Crippen LogP contribution is -2.24. The van der Waals surface area contributed by atoms with E-state index in [2.05, 4.69) is 20.3 Å². The van der Waals surface area contributed by atoms with Crippen LogP contribution < -0.4 is 10.1 Å². The first-order valence-electron chi connectivity index (χ1n) is 11.1. The molecule has 0 spiro atoms. The Kier molecular flexibility index (Phi) is 7.19. The standard InChI is InChI=1S/C22H26N6O7/c1-12(2)20(31)25-22-24-19-18(23-11-27(19)17-9-15(30)16(10-29)35-17)21(26-22)34-8-7-13-3-5-14(6-4-13)28(32)33/h3-6,11-12,15-17,29-30H,7-10H2,1-2H3,(H,24,25,26,31)/t15-,16+,17+/m1/s1. The number of amides is 1. The first kappa shape index (κ1) is 24.4. The van der Waals surface area contributed by atoms with Crippen molar-refractivity contribution in [1.29, 1.82) is 0 Å². The first-order chi connectivity index (χ1) is 16.8. The van der Waals surface area contributed by atoms with E-state index in [1.165, 1.54) is 18.5 Å². The molecule has 1 amide bonds. The minimum absolute atomic E-state index is 0.00550. The maximum Gasteiger partial charge on any atom is 0.269 e. The summed E-state index contributed by atoms with van der Waals surface area (Å²) in [7, 11) is 0. The van der Waals surface area contributed by atoms with Crippen LogP contribution in [0.1, 0.15) is 32.1 Å². The molecule has 0 bridgehead atoms. The number of nitro groups is 1. The van der Waals surface area contributed by atoms with Crippen molar-refractivity contribution in [3.63, 3.8) is 0 Å². The number of hydrogen-bond donors (Lipinski definition) is 3. The molecule has 4 rings (SSSR count). The van der Waals surface area contributed by atoms with Crippen LogP contribution in [0.2, 0.25) is 0 Å². The number of carbonyl (C=O) groups is 1. The molecular formula is C22H26N6O7. The van der Waals surface area contributed by atoms with E-state index in [0.717, 1.165) is 5.56 Å². The molecule has 0 unspecified atom stereocenters. The largest absolute Gasteiger partial charge is 0.476 e. The molecule has 0 saturated carbocycles. The van der Waals surface area contributed by atoms with Crippen molar-refractivity contribution in [3.05, 3.63) is 46.3 Å². The minimum Gasteiger partial charge on any atom is -0.476 e. The molecule has 3 N–H and O–H groups in total. The van der Waals surface area contributed by atoms with E-state index < -0.39 is 23.4 Å². The third-order valence-electron chi connectivity index (χ3n) is 5.62. The van der Waals surface area contributed by atoms with Crippen molar-refractivity contribution in [2.75, 3.05) is 18.5 Å². The molecule has 13 nitrogen and oxygen atoms in total. The van der Waals surface area contributed by atoms with E-state index in [0.29, 0.717) is 17.6 Å². The summed E-state index contributed by atoms with van der Waals surface area (Å²) in [6.45, 7) is 3.34. The van der Waals surface area contributed by atoms with Gasteiger partial charge in [-0.3, -0.25) is 24.8 Å². The summed E-state index contributed by atoms with van der Waals surface area (Å²) in [5.41, 5.74) is 1.51. The van der Waals surface area contributed by atoms with Crippen LogP contribution in [0.25, 0.3) is 11.2 Å². The number of fused-ring (bicyclic) bond motifs is 1. The van der Waals surface area contributed by atoms with Gasteiger partial charge in [0.1, 0.15) is 12.3 Å². The van der Waals surface area contributed by atoms with E-state index in [1.807, 2.05) is 0 Å². The van der Waals surface area contributed by atoms with E-state index in [4.69, 9.17) is 9.47 Å². The number of anilines is 1. The molecule has 1 aliphatic rings. The van der Waals surface area contributed by atoms with Crippen LogP contribution in [0.5, 0.6) is 5.88 Å². The van der Waals surface area contributed by atoms with Crippen LogP contribution in [0.3, 0.4) is 0 Å². The lowest BCUT2D eigenvalue weighted by Gasteiger charge is -2.15. The number of rotatable bonds is 9. The highest BCUT2D eigenvalue weighted by Crippen LogP contribution is 2.33. The Balaban J connectivity index is 1.59. The lowest BCUT2D eigenvalue weighted by atomic mass is 10.1. The van der Waals surface area contributed by atoms with Gasteiger partial charge in [-0.05, 0) is 5.56 Å². The Hall–Kier alpha value is -3.68. The fraction of sp³-hybridized carbons (Fsp3) is 0.455. The molecule has 186 valence electrons. The van der Waals surface area contributed by atoms with Gasteiger partial charge in [0.15, 0.2) is 11.2 Å². The molecule has 3 heterocycles. The Morgan fingerprint density at radius 1 is 1.34 bits per heavy atom. The molecule has 1 fully saturated rings. The Bertz CT molecular complexity index is 1210. The first-order valence-corrected chi connectivity index (χ1v) is 11.1. The molecular weight excluding hydrogens is 460 g/mol. The summed E-state index contributed by atoms with van der Waals surface area (Å²) < 4.78 is 13.2. The number of aliphatic hydroxyl groups excluding tert-OH is 2. The molecule has 1 saturated heterocycles. The number of non-ortho nitro benzene ring substituents is 1. The van der Waals surface area contributed by atoms with Crippen LogP contribution in [0, 0.1) is 16.0 Å². The summed E-state index contributed by atoms with van der Waals surface area (Å²) in [5.74, 6) is -0.406. The Morgan fingerprint density at radius 3 is 2.71 bits per heavy atom. The van der Waals surface area contributed by atoms with E-state index in [1.54, 1.807) is 30.5 Å². The number of aliphatic hydroxyl groups is 2. The van der Waals surface area contributed by atoms with Gasteiger partial charge in [0.25, 0.3) is 5.69 Å². The van der Waals surface area contributed by atoms with Gasteiger partial charge in [0.2, 0.25) is 17.7 Å². The van der Waals surface area contributed by atoms with Crippen LogP contribution in [0.15, 0.2) is 30.6 Å². The van der Waals surface area contributed by atoms with Gasteiger partial charge in [0.05, 0.1) is 30.6 Å². The van der Waals surface area contributed by atoms with Gasteiger partial charge in [-0.2, -0.15) is 9.97 Å². The topological polar surface area (TPSA) is 175 Å². The summed E-state index contributed by atoms with van der Waals surface area (Å²) in [6.07, 6.45) is -0.0332. The average molecular weight is 486 g/mol. The maximum atomic E-state index is 12.3. The Labute approximate surface area is 199 Å². The highest BCUT2D eigenvalue weighted by molar-refractivity contribution is 5.91. The molecule has 2 aromatic heterocycles. The number of aromatic nitrogens is 4. The van der Waals surface area contributed by atoms with Crippen molar-refractivity contribution in [2.24, 2.45) is 5.92 Å². The summed E-state index contributed by atoms with van der Waals surface area (Å²) in [6, 6.07) is 6.16. The normalized spacial score (nSPS) is 19.9. The van der Waals surface area contributed by atoms with Gasteiger partial charge in [0, 0.05) is 30.9 Å². The molecule has 1 aliphatic heterocycles. The van der Waals surface area contributed by atoms with E-state index in [-0.39, 0.29) is 49.0 Å². The fourth-order valence-electron chi connectivity index (χ4n) is 3.61. The minimum atomic E-state index is -0.846. The molecule has 3 atom stereocenters. The fourth-order valence-corrected chi connectivity index (χ4v) is 3.61. The zero-order valence-corrected chi connectivity index (χ0v) is 19.2. The van der Waals surface area contributed by atoms with Crippen LogP contribution >= 0.6 is 0 Å². The second kappa shape index (κ2) is 10.3. The zero-order chi connectivity index (χ0) is 25.1. The van der Waals surface area contributed by atoms with Crippen molar-refractivity contribution in [1.82, 2.24) is 19.5 Å². The van der Waals surface area contributed by atoms with Crippen molar-refractivity contribution >= 4 is 28.7 Å². The number of nitrogens with one attached hydrogen (secondary N) is 1. The SMILES string of the molecule is CC(C)C(=O)Nc1nc(OCCc2ccc([N+](=O)[O-])cc2)c2ncn([C@@H]3C[C@@H](O)[C@H](CO)O3)c2n1. The van der Waals surface area contributed by atoms with Gasteiger partial charge < -0.3 is 19.7 Å². The summed E-state index contributed by atoms with van der Waals surface area (Å²) in [5, 5.41) is 33.0. The van der Waals surface area contributed by atoms with E-state index >= 15 is 0 Å². The van der Waals surface area contributed by atoms with Crippen LogP contribution in [-0.2, 0) is 16.0 Å². The van der Waals surface area contributed by atoms with Gasteiger partial charge in [-0.1, -0.05) is 26.0 Å². The third-order valence-corrected chi connectivity index (χ3v) is 5.62. The number of hydrogen-bond acceptors (Lipinski definition) is 10. The predicted octanol–water partition coefficient (Wildman–Crippen LogP) is 1.59. The predicted molar refractivity (Wildman–Crippen MR) is 123 cm³/mol. The molecule has 13 heteroatoms. The number of ether oxygens (including phenoxy) is 2. The smallest absolute Gasteiger partial charge is 0.269 e. The van der Waals surface area contributed by atoms with Gasteiger partial charge in [-0.25, -0.2) is 4.98 Å². The van der Waals surface area contributed by atoms with Crippen molar-refractivity contribution < 1.29 is 29.4 Å². The number of nitrogens with zero attached hydrogens (tertiary/aromatic N) is 5. The molecule has 0 aliphatic carbocycles. The van der Waals surface area contributed by atoms with Crippen LogP contribution in [0.4, 0.5) is 11.6 Å². The quantitative estimate of drug-likeness (QED) is 0.297. The van der Waals surface area contributed by atoms with Crippen LogP contribution in [-0.4, -0.2) is 66.0 Å². The zero-order valence-electron chi connectivity index (χ0n) is 19.2. The van der Waals surface area contributed by atoms with E-state index in [9.17, 15) is 25.1 Å². The second-order valence-electron chi connectivity index (χ2n) is 8.46. The lowest BCUT2D eigenvalue weighted by molar-refractivity contribution is -0.384. The third kappa shape index (κ3) is 5.37. The highest BCUT2D eigenvalue weighted by atomic mass is 16.6. The van der Waals surface area contributed by atoms with Crippen molar-refractivity contribution in [2.45, 2.75) is 45.1 Å². The van der Waals surface area contributed by atoms with Crippen molar-refractivity contribution in [3.8, 4) is 5.88 Å². The second-order valence-corrected chi connectivity index (χ2v) is 8.46. The summed E-state index contributed by atoms with van der Waals surface area (Å²) in [4.78, 5) is 35.7. The monoisotopic (exact) mass is 486 g/mol. The Morgan fingerprint density at radius 2 is 2.09 bits per heavy atom. The average Bonchev–Trinajstić information content (AvgIpc) is 3.42. The summed E-state index contributed by atoms with van der Waals surface area (Å²) >= 11 is 0. The molecule has 0 radical (unpaired) electrons. The highest BCUT2D eigenvalue weighted by Gasteiger charge is 2.35. The maximum absolute atomic E-state index is 12.3. The molecule has 3 aromatic rings. The molecule has 35 heavy (non-hydrogen) atoms. The number of imidazole rings is 1. The number of benzene rings is 1. The van der Waals surface area contributed by atoms with Gasteiger partial charge >= 0.3 is 0 Å². The number of nitro benzene ring substituents is 1. The molecule has 1 aromatic carbocycles. The van der Waals surface area contributed by atoms with Gasteiger partial charge in [-0.15, -0.1) is 0 Å². The number of carbonyl (C=O) groups excluding carboxylic acids is 1.